The highest BCUT2D eigenvalue weighted by Crippen LogP contribution is 2.26. The fourth-order valence-electron chi connectivity index (χ4n) is 2.32. The van der Waals surface area contributed by atoms with Gasteiger partial charge in [0.1, 0.15) is 12.1 Å². The first-order valence-corrected chi connectivity index (χ1v) is 7.60. The number of rotatable bonds is 2. The number of hydrogen-bond donors (Lipinski definition) is 1. The average molecular weight is 315 g/mol. The van der Waals surface area contributed by atoms with E-state index >= 15 is 0 Å². The average Bonchev–Trinajstić information content (AvgIpc) is 2.99. The van der Waals surface area contributed by atoms with E-state index in [0.29, 0.717) is 17.2 Å². The number of aryl methyl sites for hydroxylation is 2. The lowest BCUT2D eigenvalue weighted by Gasteiger charge is -2.20. The van der Waals surface area contributed by atoms with Gasteiger partial charge < -0.3 is 9.73 Å². The number of nitrogens with one attached hydrogen (secondary N) is 1. The van der Waals surface area contributed by atoms with E-state index in [1.165, 1.54) is 0 Å². The van der Waals surface area contributed by atoms with Crippen LogP contribution in [0.2, 0.25) is 0 Å². The molecule has 3 heterocycles. The van der Waals surface area contributed by atoms with Gasteiger partial charge in [-0.3, -0.25) is 4.79 Å². The maximum atomic E-state index is 12.1. The zero-order valence-electron chi connectivity index (χ0n) is 14.3. The largest absolute Gasteiger partial charge is 0.443 e. The summed E-state index contributed by atoms with van der Waals surface area (Å²) in [6.07, 6.45) is 1.58. The number of aromatic nitrogens is 4. The third kappa shape index (κ3) is 2.56. The van der Waals surface area contributed by atoms with Crippen LogP contribution in [0.15, 0.2) is 10.7 Å². The summed E-state index contributed by atoms with van der Waals surface area (Å²) in [5.74, 6) is 1.33. The first-order valence-electron chi connectivity index (χ1n) is 7.60. The van der Waals surface area contributed by atoms with Gasteiger partial charge in [0.25, 0.3) is 0 Å². The molecule has 23 heavy (non-hydrogen) atoms. The van der Waals surface area contributed by atoms with Crippen LogP contribution in [-0.2, 0) is 4.79 Å². The van der Waals surface area contributed by atoms with Crippen molar-refractivity contribution in [2.75, 3.05) is 0 Å². The van der Waals surface area contributed by atoms with Crippen LogP contribution in [0.1, 0.15) is 50.9 Å². The van der Waals surface area contributed by atoms with Gasteiger partial charge in [0.05, 0.1) is 11.4 Å². The first-order chi connectivity index (χ1) is 10.7. The smallest absolute Gasteiger partial charge is 0.231 e. The van der Waals surface area contributed by atoms with Gasteiger partial charge in [-0.05, 0) is 20.8 Å². The molecule has 3 aromatic rings. The van der Waals surface area contributed by atoms with Gasteiger partial charge >= 0.3 is 0 Å². The van der Waals surface area contributed by atoms with E-state index in [-0.39, 0.29) is 11.9 Å². The molecule has 0 bridgehead atoms. The van der Waals surface area contributed by atoms with E-state index in [2.05, 4.69) is 20.4 Å². The van der Waals surface area contributed by atoms with Crippen molar-refractivity contribution in [3.8, 4) is 0 Å². The van der Waals surface area contributed by atoms with Crippen molar-refractivity contribution in [1.29, 1.82) is 0 Å². The second-order valence-corrected chi connectivity index (χ2v) is 6.89. The summed E-state index contributed by atoms with van der Waals surface area (Å²) in [6, 6.07) is -0.287. The van der Waals surface area contributed by atoms with Crippen LogP contribution < -0.4 is 5.32 Å². The molecule has 0 spiro atoms. The van der Waals surface area contributed by atoms with E-state index in [1.54, 1.807) is 10.8 Å². The third-order valence-corrected chi connectivity index (χ3v) is 3.94. The van der Waals surface area contributed by atoms with Crippen LogP contribution in [0.3, 0.4) is 0 Å². The minimum Gasteiger partial charge on any atom is -0.443 e. The Balaban J connectivity index is 2.03. The molecule has 0 aliphatic heterocycles. The molecule has 0 aromatic carbocycles. The van der Waals surface area contributed by atoms with E-state index in [1.807, 2.05) is 41.5 Å². The Labute approximate surface area is 134 Å². The lowest BCUT2D eigenvalue weighted by atomic mass is 9.95. The van der Waals surface area contributed by atoms with Gasteiger partial charge in [-0.1, -0.05) is 20.8 Å². The molecule has 0 unspecified atom stereocenters. The van der Waals surface area contributed by atoms with Crippen LogP contribution in [0.25, 0.3) is 16.7 Å². The molecule has 7 heteroatoms. The van der Waals surface area contributed by atoms with Gasteiger partial charge in [0.2, 0.25) is 11.6 Å². The summed E-state index contributed by atoms with van der Waals surface area (Å²) in [5, 5.41) is 8.24. The van der Waals surface area contributed by atoms with Crippen molar-refractivity contribution < 1.29 is 9.21 Å². The summed E-state index contributed by atoms with van der Waals surface area (Å²) in [6.45, 7) is 11.4. The van der Waals surface area contributed by atoms with E-state index in [0.717, 1.165) is 16.7 Å². The summed E-state index contributed by atoms with van der Waals surface area (Å²) in [4.78, 5) is 21.0. The molecule has 1 atom stereocenters. The Hall–Kier alpha value is -2.44. The Morgan fingerprint density at radius 1 is 1.35 bits per heavy atom. The summed E-state index contributed by atoms with van der Waals surface area (Å²) in [5.41, 5.74) is 1.79. The molecule has 0 saturated heterocycles. The number of nitrogens with zero attached hydrogens (tertiary/aromatic N) is 4. The first kappa shape index (κ1) is 15.5. The second kappa shape index (κ2) is 5.04. The molecule has 1 N–H and O–H groups in total. The number of carbonyl (C=O) groups excluding carboxylic acids is 1. The Morgan fingerprint density at radius 3 is 2.70 bits per heavy atom. The quantitative estimate of drug-likeness (QED) is 0.786. The van der Waals surface area contributed by atoms with Gasteiger partial charge in [0.15, 0.2) is 11.5 Å². The summed E-state index contributed by atoms with van der Waals surface area (Å²) < 4.78 is 7.25. The highest BCUT2D eigenvalue weighted by Gasteiger charge is 2.25. The molecule has 122 valence electrons. The monoisotopic (exact) mass is 315 g/mol. The lowest BCUT2D eigenvalue weighted by Crippen LogP contribution is -2.36. The molecule has 0 saturated carbocycles. The van der Waals surface area contributed by atoms with Crippen LogP contribution >= 0.6 is 0 Å². The van der Waals surface area contributed by atoms with E-state index in [4.69, 9.17) is 4.42 Å². The van der Waals surface area contributed by atoms with Crippen molar-refractivity contribution in [2.45, 2.75) is 47.6 Å². The molecule has 7 nitrogen and oxygen atoms in total. The van der Waals surface area contributed by atoms with Crippen molar-refractivity contribution in [3.63, 3.8) is 0 Å². The molecule has 0 aliphatic rings. The minimum atomic E-state index is -0.458. The number of amides is 1. The van der Waals surface area contributed by atoms with Crippen molar-refractivity contribution in [1.82, 2.24) is 24.9 Å². The maximum Gasteiger partial charge on any atom is 0.231 e. The van der Waals surface area contributed by atoms with Crippen LogP contribution in [0.5, 0.6) is 0 Å². The molecule has 0 fully saturated rings. The van der Waals surface area contributed by atoms with Gasteiger partial charge in [0, 0.05) is 11.0 Å². The Kier molecular flexibility index (Phi) is 3.39. The molecule has 0 aliphatic carbocycles. The third-order valence-electron chi connectivity index (χ3n) is 3.94. The highest BCUT2D eigenvalue weighted by atomic mass is 16.3. The molecule has 3 aromatic heterocycles. The maximum absolute atomic E-state index is 12.1. The Morgan fingerprint density at radius 2 is 2.04 bits per heavy atom. The summed E-state index contributed by atoms with van der Waals surface area (Å²) >= 11 is 0. The van der Waals surface area contributed by atoms with Gasteiger partial charge in [-0.2, -0.15) is 0 Å². The van der Waals surface area contributed by atoms with E-state index in [9.17, 15) is 4.79 Å². The van der Waals surface area contributed by atoms with Crippen molar-refractivity contribution in [2.24, 2.45) is 5.41 Å². The molecule has 1 amide bonds. The Bertz CT molecular complexity index is 901. The minimum absolute atomic E-state index is 0.0394. The molecule has 0 radical (unpaired) electrons. The zero-order chi connectivity index (χ0) is 16.9. The van der Waals surface area contributed by atoms with Crippen molar-refractivity contribution >= 4 is 22.7 Å². The van der Waals surface area contributed by atoms with Gasteiger partial charge in [-0.15, -0.1) is 5.10 Å². The number of furan rings is 1. The van der Waals surface area contributed by atoms with Crippen LogP contribution in [0, 0.1) is 19.3 Å². The lowest BCUT2D eigenvalue weighted by molar-refractivity contribution is -0.129. The molecular weight excluding hydrogens is 294 g/mol. The van der Waals surface area contributed by atoms with Crippen LogP contribution in [0.4, 0.5) is 0 Å². The van der Waals surface area contributed by atoms with Gasteiger partial charge in [-0.25, -0.2) is 14.5 Å². The normalized spacial score (nSPS) is 13.7. The number of carbonyl (C=O) groups is 1. The predicted octanol–water partition coefficient (Wildman–Crippen LogP) is 2.71. The molecule has 3 rings (SSSR count). The number of hydrogen-bond acceptors (Lipinski definition) is 5. The highest BCUT2D eigenvalue weighted by molar-refractivity contribution is 5.91. The fraction of sp³-hybridized carbons (Fsp3) is 0.500. The van der Waals surface area contributed by atoms with Crippen LogP contribution in [-0.4, -0.2) is 25.5 Å². The fourth-order valence-corrected chi connectivity index (χ4v) is 2.32. The number of fused-ring (bicyclic) bond motifs is 3. The second-order valence-electron chi connectivity index (χ2n) is 6.89. The SMILES string of the molecule is Cc1oc2ncn3nc([C@H](C)NC(=O)C(C)(C)C)nc3c2c1C. The van der Waals surface area contributed by atoms with E-state index < -0.39 is 5.41 Å². The predicted molar refractivity (Wildman–Crippen MR) is 86.0 cm³/mol. The zero-order valence-corrected chi connectivity index (χ0v) is 14.3. The van der Waals surface area contributed by atoms with Crippen molar-refractivity contribution in [3.05, 3.63) is 23.5 Å². The standard InChI is InChI=1S/C16H21N5O2/c1-8-10(3)23-14-11(8)13-19-12(20-21(13)7-17-14)9(2)18-15(22)16(4,5)6/h7,9H,1-6H3,(H,18,22)/t9-/m0/s1. The summed E-state index contributed by atoms with van der Waals surface area (Å²) in [7, 11) is 0. The molecular formula is C16H21N5O2. The topological polar surface area (TPSA) is 85.3 Å².